The summed E-state index contributed by atoms with van der Waals surface area (Å²) in [7, 11) is 0. The van der Waals surface area contributed by atoms with Gasteiger partial charge in [0.25, 0.3) is 0 Å². The van der Waals surface area contributed by atoms with E-state index in [-0.39, 0.29) is 5.97 Å². The molecule has 0 saturated carbocycles. The molecule has 0 bridgehead atoms. The molecular weight excluding hydrogens is 303 g/mol. The van der Waals surface area contributed by atoms with Crippen molar-refractivity contribution in [1.82, 2.24) is 0 Å². The quantitative estimate of drug-likeness (QED) is 0.596. The Morgan fingerprint density at radius 3 is 2.60 bits per heavy atom. The van der Waals surface area contributed by atoms with Gasteiger partial charge in [-0.2, -0.15) is 0 Å². The highest BCUT2D eigenvalue weighted by atomic mass is 127. The van der Waals surface area contributed by atoms with Crippen LogP contribution in [-0.2, 0) is 4.79 Å². The molecule has 0 spiro atoms. The minimum absolute atomic E-state index is 0.288. The summed E-state index contributed by atoms with van der Waals surface area (Å²) < 4.78 is 6.27. The van der Waals surface area contributed by atoms with Crippen LogP contribution in [0.4, 0.5) is 0 Å². The number of fused-ring (bicyclic) bond motifs is 1. The van der Waals surface area contributed by atoms with Gasteiger partial charge in [0.05, 0.1) is 0 Å². The van der Waals surface area contributed by atoms with Gasteiger partial charge in [-0.25, -0.2) is 0 Å². The Balaban J connectivity index is 2.53. The average Bonchev–Trinajstić information content (AvgIpc) is 2.45. The summed E-state index contributed by atoms with van der Waals surface area (Å²) in [6.45, 7) is 1.41. The second kappa shape index (κ2) is 4.18. The third-order valence-corrected chi connectivity index (χ3v) is 3.03. The zero-order chi connectivity index (χ0) is 10.8. The number of hydrogen-bond donors (Lipinski definition) is 0. The number of halogens is 1. The molecule has 0 radical (unpaired) electrons. The lowest BCUT2D eigenvalue weighted by atomic mass is 10.2. The van der Waals surface area contributed by atoms with Crippen molar-refractivity contribution in [3.05, 3.63) is 40.0 Å². The number of rotatable bonds is 1. The van der Waals surface area contributed by atoms with E-state index in [1.807, 2.05) is 36.4 Å². The molecule has 0 N–H and O–H groups in total. The Morgan fingerprint density at radius 1 is 1.13 bits per heavy atom. The fourth-order valence-corrected chi connectivity index (χ4v) is 2.15. The fraction of sp³-hybridized carbons (Fsp3) is 0.0833. The van der Waals surface area contributed by atoms with Gasteiger partial charge >= 0.3 is 5.97 Å². The van der Waals surface area contributed by atoms with Crippen LogP contribution in [0.15, 0.2) is 36.4 Å². The maximum absolute atomic E-state index is 10.9. The lowest BCUT2D eigenvalue weighted by molar-refractivity contribution is -0.131. The lowest BCUT2D eigenvalue weighted by Gasteiger charge is -2.01. The van der Waals surface area contributed by atoms with Crippen molar-refractivity contribution in [2.24, 2.45) is 0 Å². The summed E-state index contributed by atoms with van der Waals surface area (Å²) in [6, 6.07) is 11.7. The largest absolute Gasteiger partial charge is 0.426 e. The molecule has 2 aliphatic carbocycles. The Morgan fingerprint density at radius 2 is 1.87 bits per heavy atom. The molecule has 2 aliphatic rings. The molecule has 0 amide bonds. The monoisotopic (exact) mass is 312 g/mol. The van der Waals surface area contributed by atoms with Crippen molar-refractivity contribution < 1.29 is 9.53 Å². The van der Waals surface area contributed by atoms with Crippen molar-refractivity contribution in [1.29, 1.82) is 0 Å². The first-order valence-electron chi connectivity index (χ1n) is 4.54. The number of esters is 1. The Hall–Kier alpha value is -1.10. The minimum Gasteiger partial charge on any atom is -0.426 e. The highest BCUT2D eigenvalue weighted by molar-refractivity contribution is 14.1. The third-order valence-electron chi connectivity index (χ3n) is 2.08. The number of ether oxygens (including phenoxy) is 1. The van der Waals surface area contributed by atoms with Gasteiger partial charge < -0.3 is 4.74 Å². The van der Waals surface area contributed by atoms with Crippen molar-refractivity contribution in [2.75, 3.05) is 0 Å². The van der Waals surface area contributed by atoms with E-state index in [1.54, 1.807) is 0 Å². The van der Waals surface area contributed by atoms with Crippen LogP contribution in [0.5, 0.6) is 5.75 Å². The molecule has 0 unspecified atom stereocenters. The number of carbonyl (C=O) groups is 1. The maximum atomic E-state index is 10.9. The second-order valence-electron chi connectivity index (χ2n) is 3.18. The molecule has 3 heteroatoms. The van der Waals surface area contributed by atoms with Gasteiger partial charge in [0.2, 0.25) is 0 Å². The summed E-state index contributed by atoms with van der Waals surface area (Å²) in [4.78, 5) is 10.9. The highest BCUT2D eigenvalue weighted by Crippen LogP contribution is 2.36. The van der Waals surface area contributed by atoms with E-state index in [1.165, 1.54) is 6.92 Å². The first kappa shape index (κ1) is 10.4. The smallest absolute Gasteiger partial charge is 0.308 e. The van der Waals surface area contributed by atoms with Gasteiger partial charge in [0.15, 0.2) is 0 Å². The van der Waals surface area contributed by atoms with Gasteiger partial charge in [-0.05, 0) is 46.4 Å². The van der Waals surface area contributed by atoms with Crippen molar-refractivity contribution in [3.63, 3.8) is 0 Å². The van der Waals surface area contributed by atoms with Crippen LogP contribution in [0.2, 0.25) is 0 Å². The molecule has 2 rings (SSSR count). The van der Waals surface area contributed by atoms with Crippen LogP contribution in [0, 0.1) is 3.57 Å². The van der Waals surface area contributed by atoms with E-state index < -0.39 is 0 Å². The molecule has 76 valence electrons. The molecule has 0 fully saturated rings. The van der Waals surface area contributed by atoms with Crippen LogP contribution >= 0.6 is 22.6 Å². The fourth-order valence-electron chi connectivity index (χ4n) is 1.48. The van der Waals surface area contributed by atoms with E-state index in [0.717, 1.165) is 14.7 Å². The summed E-state index contributed by atoms with van der Waals surface area (Å²) >= 11 is 2.27. The number of hydrogen-bond acceptors (Lipinski definition) is 2. The van der Waals surface area contributed by atoms with E-state index >= 15 is 0 Å². The van der Waals surface area contributed by atoms with Gasteiger partial charge in [-0.3, -0.25) is 4.79 Å². The summed E-state index contributed by atoms with van der Waals surface area (Å²) in [5.74, 6) is 0.343. The van der Waals surface area contributed by atoms with Crippen LogP contribution < -0.4 is 4.74 Å². The Bertz CT molecular complexity index is 479. The van der Waals surface area contributed by atoms with Crippen LogP contribution in [0.25, 0.3) is 11.1 Å². The van der Waals surface area contributed by atoms with Crippen molar-refractivity contribution in [3.8, 4) is 16.9 Å². The third kappa shape index (κ3) is 2.12. The molecule has 0 aromatic heterocycles. The average molecular weight is 312 g/mol. The zero-order valence-corrected chi connectivity index (χ0v) is 10.3. The summed E-state index contributed by atoms with van der Waals surface area (Å²) in [5.41, 5.74) is 2.08. The molecule has 0 heterocycles. The summed E-state index contributed by atoms with van der Waals surface area (Å²) in [5, 5.41) is 0. The highest BCUT2D eigenvalue weighted by Gasteiger charge is 2.12. The van der Waals surface area contributed by atoms with Gasteiger partial charge in [0.1, 0.15) is 5.75 Å². The normalized spacial score (nSPS) is 10.3. The Labute approximate surface area is 102 Å². The first-order valence-corrected chi connectivity index (χ1v) is 5.62. The molecular formula is C12H9IO2. The lowest BCUT2D eigenvalue weighted by Crippen LogP contribution is -2.00. The molecule has 15 heavy (non-hydrogen) atoms. The van der Waals surface area contributed by atoms with E-state index in [4.69, 9.17) is 4.74 Å². The van der Waals surface area contributed by atoms with Gasteiger partial charge in [-0.1, -0.05) is 18.2 Å². The first-order chi connectivity index (χ1) is 7.18. The van der Waals surface area contributed by atoms with Crippen LogP contribution in [-0.4, -0.2) is 5.97 Å². The molecule has 2 nitrogen and oxygen atoms in total. The van der Waals surface area contributed by atoms with Gasteiger partial charge in [0, 0.05) is 16.1 Å². The van der Waals surface area contributed by atoms with E-state index in [2.05, 4.69) is 22.6 Å². The maximum Gasteiger partial charge on any atom is 0.308 e. The SMILES string of the molecule is CC(=O)Oc1ccc2c(I)ccccc1-2. The summed E-state index contributed by atoms with van der Waals surface area (Å²) in [6.07, 6.45) is 0. The standard InChI is InChI=1S/C12H9IO2/c1-8(14)15-12-7-6-9-10(12)4-2-3-5-11(9)13/h2-7H,1H3. The molecule has 0 aliphatic heterocycles. The Kier molecular flexibility index (Phi) is 2.90. The van der Waals surface area contributed by atoms with Crippen LogP contribution in [0.3, 0.4) is 0 Å². The predicted octanol–water partition coefficient (Wildman–Crippen LogP) is 3.32. The minimum atomic E-state index is -0.288. The molecule has 0 aromatic rings. The van der Waals surface area contributed by atoms with E-state index in [0.29, 0.717) is 5.75 Å². The van der Waals surface area contributed by atoms with Crippen LogP contribution in [0.1, 0.15) is 6.92 Å². The number of carbonyl (C=O) groups excluding carboxylic acids is 1. The molecule has 0 saturated heterocycles. The zero-order valence-electron chi connectivity index (χ0n) is 8.16. The van der Waals surface area contributed by atoms with E-state index in [9.17, 15) is 4.79 Å². The topological polar surface area (TPSA) is 26.3 Å². The molecule has 0 atom stereocenters. The van der Waals surface area contributed by atoms with Gasteiger partial charge in [-0.15, -0.1) is 0 Å². The van der Waals surface area contributed by atoms with Crippen molar-refractivity contribution >= 4 is 28.6 Å². The molecule has 0 aromatic carbocycles. The second-order valence-corrected chi connectivity index (χ2v) is 4.35. The van der Waals surface area contributed by atoms with Crippen molar-refractivity contribution in [2.45, 2.75) is 6.92 Å². The predicted molar refractivity (Wildman–Crippen MR) is 67.1 cm³/mol.